The second kappa shape index (κ2) is 4.38. The molecular formula is C11H11ClO2. The Bertz CT molecular complexity index is 372. The summed E-state index contributed by atoms with van der Waals surface area (Å²) in [6, 6.07) is 5.20. The maximum Gasteiger partial charge on any atom is 0.152 e. The van der Waals surface area contributed by atoms with Gasteiger partial charge in [0.1, 0.15) is 11.7 Å². The number of hydrogen-bond acceptors (Lipinski definition) is 2. The number of benzene rings is 1. The topological polar surface area (TPSA) is 34.1 Å². The number of aryl methyl sites for hydroxylation is 1. The van der Waals surface area contributed by atoms with Gasteiger partial charge in [-0.1, -0.05) is 11.6 Å². The lowest BCUT2D eigenvalue weighted by atomic mass is 10.0. The largest absolute Gasteiger partial charge is 0.298 e. The summed E-state index contributed by atoms with van der Waals surface area (Å²) in [7, 11) is 0. The summed E-state index contributed by atoms with van der Waals surface area (Å²) in [5.41, 5.74) is 2.16. The number of rotatable bonds is 3. The third-order valence-electron chi connectivity index (χ3n) is 1.91. The molecule has 0 N–H and O–H groups in total. The van der Waals surface area contributed by atoms with E-state index in [0.29, 0.717) is 11.1 Å². The molecule has 14 heavy (non-hydrogen) atoms. The molecule has 1 atom stereocenters. The molecule has 0 amide bonds. The van der Waals surface area contributed by atoms with E-state index in [4.69, 9.17) is 11.6 Å². The van der Waals surface area contributed by atoms with Crippen LogP contribution in [0.4, 0.5) is 0 Å². The molecule has 0 aliphatic heterocycles. The lowest BCUT2D eigenvalue weighted by molar-refractivity contribution is -0.116. The quantitative estimate of drug-likeness (QED) is 0.568. The molecule has 1 rings (SSSR count). The van der Waals surface area contributed by atoms with Crippen molar-refractivity contribution < 1.29 is 9.59 Å². The fourth-order valence-electron chi connectivity index (χ4n) is 1.29. The van der Waals surface area contributed by atoms with Crippen molar-refractivity contribution in [3.05, 3.63) is 34.9 Å². The smallest absolute Gasteiger partial charge is 0.152 e. The number of halogens is 1. The Balaban J connectivity index is 3.14. The second-order valence-corrected chi connectivity index (χ2v) is 3.70. The van der Waals surface area contributed by atoms with E-state index in [1.54, 1.807) is 12.1 Å². The Hall–Kier alpha value is -1.15. The first-order valence-corrected chi connectivity index (χ1v) is 4.69. The number of carbonyl (C=O) groups is 2. The molecule has 0 fully saturated rings. The minimum Gasteiger partial charge on any atom is -0.298 e. The van der Waals surface area contributed by atoms with Crippen LogP contribution in [0.15, 0.2) is 18.2 Å². The van der Waals surface area contributed by atoms with Gasteiger partial charge in [-0.25, -0.2) is 0 Å². The Labute approximate surface area is 87.9 Å². The zero-order valence-corrected chi connectivity index (χ0v) is 8.84. The third-order valence-corrected chi connectivity index (χ3v) is 2.47. The Kier molecular flexibility index (Phi) is 3.42. The van der Waals surface area contributed by atoms with E-state index >= 15 is 0 Å². The van der Waals surface area contributed by atoms with Gasteiger partial charge < -0.3 is 0 Å². The molecule has 0 saturated heterocycles. The molecule has 0 bridgehead atoms. The van der Waals surface area contributed by atoms with Gasteiger partial charge in [0.25, 0.3) is 0 Å². The third kappa shape index (κ3) is 2.42. The van der Waals surface area contributed by atoms with Crippen molar-refractivity contribution in [3.8, 4) is 0 Å². The minimum atomic E-state index is -0.659. The molecule has 0 radical (unpaired) electrons. The molecule has 2 nitrogen and oxygen atoms in total. The Morgan fingerprint density at radius 2 is 2.07 bits per heavy atom. The summed E-state index contributed by atoms with van der Waals surface area (Å²) < 4.78 is 0. The van der Waals surface area contributed by atoms with Crippen LogP contribution in [0.2, 0.25) is 0 Å². The molecule has 0 spiro atoms. The fourth-order valence-corrected chi connectivity index (χ4v) is 1.42. The van der Waals surface area contributed by atoms with Crippen molar-refractivity contribution in [2.75, 3.05) is 0 Å². The van der Waals surface area contributed by atoms with Crippen molar-refractivity contribution in [2.45, 2.75) is 19.2 Å². The Morgan fingerprint density at radius 1 is 1.43 bits per heavy atom. The number of alkyl halides is 1. The highest BCUT2D eigenvalue weighted by atomic mass is 35.5. The highest BCUT2D eigenvalue weighted by Crippen LogP contribution is 2.23. The monoisotopic (exact) mass is 210 g/mol. The summed E-state index contributed by atoms with van der Waals surface area (Å²) in [6.07, 6.45) is 0.750. The van der Waals surface area contributed by atoms with Crippen LogP contribution in [0.25, 0.3) is 0 Å². The van der Waals surface area contributed by atoms with Crippen molar-refractivity contribution >= 4 is 23.7 Å². The van der Waals surface area contributed by atoms with Crippen molar-refractivity contribution in [2.24, 2.45) is 0 Å². The molecule has 0 aliphatic rings. The second-order valence-electron chi connectivity index (χ2n) is 3.27. The highest BCUT2D eigenvalue weighted by molar-refractivity contribution is 6.30. The zero-order valence-electron chi connectivity index (χ0n) is 8.08. The van der Waals surface area contributed by atoms with Gasteiger partial charge >= 0.3 is 0 Å². The number of Topliss-reactive ketones (excluding diaryl/α,β-unsaturated/α-hetero) is 1. The summed E-state index contributed by atoms with van der Waals surface area (Å²) in [5.74, 6) is -0.117. The van der Waals surface area contributed by atoms with Gasteiger partial charge in [-0.05, 0) is 31.5 Å². The van der Waals surface area contributed by atoms with E-state index in [0.717, 1.165) is 11.8 Å². The normalized spacial score (nSPS) is 12.2. The number of hydrogen-bond donors (Lipinski definition) is 0. The van der Waals surface area contributed by atoms with Crippen LogP contribution in [0.1, 0.15) is 33.8 Å². The van der Waals surface area contributed by atoms with Crippen molar-refractivity contribution in [1.82, 2.24) is 0 Å². The highest BCUT2D eigenvalue weighted by Gasteiger charge is 2.13. The molecule has 0 saturated carbocycles. The van der Waals surface area contributed by atoms with Crippen LogP contribution in [-0.4, -0.2) is 12.1 Å². The van der Waals surface area contributed by atoms with Gasteiger partial charge in [0.05, 0.1) is 0 Å². The molecule has 1 aromatic carbocycles. The average Bonchev–Trinajstić information content (AvgIpc) is 2.15. The standard InChI is InChI=1S/C11H11ClO2/c1-7-3-9(6-13)5-10(4-7)11(12)8(2)14/h3-6,11H,1-2H3. The van der Waals surface area contributed by atoms with Crippen LogP contribution in [0, 0.1) is 6.92 Å². The van der Waals surface area contributed by atoms with Crippen LogP contribution < -0.4 is 0 Å². The van der Waals surface area contributed by atoms with E-state index in [-0.39, 0.29) is 5.78 Å². The summed E-state index contributed by atoms with van der Waals surface area (Å²) in [5, 5.41) is -0.659. The lowest BCUT2D eigenvalue weighted by Gasteiger charge is -2.07. The number of ketones is 1. The first-order chi connectivity index (χ1) is 6.54. The Morgan fingerprint density at radius 3 is 2.57 bits per heavy atom. The molecular weight excluding hydrogens is 200 g/mol. The predicted molar refractivity (Wildman–Crippen MR) is 55.8 cm³/mol. The molecule has 74 valence electrons. The average molecular weight is 211 g/mol. The van der Waals surface area contributed by atoms with Crippen LogP contribution in [0.3, 0.4) is 0 Å². The molecule has 0 heterocycles. The predicted octanol–water partition coefficient (Wildman–Crippen LogP) is 2.68. The summed E-state index contributed by atoms with van der Waals surface area (Å²) in [6.45, 7) is 3.29. The van der Waals surface area contributed by atoms with E-state index in [1.807, 2.05) is 13.0 Å². The maximum absolute atomic E-state index is 11.0. The maximum atomic E-state index is 11.0. The van der Waals surface area contributed by atoms with Crippen LogP contribution in [0.5, 0.6) is 0 Å². The zero-order chi connectivity index (χ0) is 10.7. The van der Waals surface area contributed by atoms with Gasteiger partial charge in [-0.2, -0.15) is 0 Å². The number of carbonyl (C=O) groups excluding carboxylic acids is 2. The SMILES string of the molecule is CC(=O)C(Cl)c1cc(C)cc(C=O)c1. The van der Waals surface area contributed by atoms with Crippen LogP contribution in [-0.2, 0) is 4.79 Å². The van der Waals surface area contributed by atoms with Gasteiger partial charge in [0.2, 0.25) is 0 Å². The molecule has 1 unspecified atom stereocenters. The van der Waals surface area contributed by atoms with Crippen molar-refractivity contribution in [1.29, 1.82) is 0 Å². The van der Waals surface area contributed by atoms with E-state index in [1.165, 1.54) is 6.92 Å². The van der Waals surface area contributed by atoms with E-state index in [9.17, 15) is 9.59 Å². The van der Waals surface area contributed by atoms with Crippen molar-refractivity contribution in [3.63, 3.8) is 0 Å². The van der Waals surface area contributed by atoms with Gasteiger partial charge in [-0.15, -0.1) is 11.6 Å². The van der Waals surface area contributed by atoms with E-state index in [2.05, 4.69) is 0 Å². The van der Waals surface area contributed by atoms with Crippen LogP contribution >= 0.6 is 11.6 Å². The first kappa shape index (κ1) is 10.9. The van der Waals surface area contributed by atoms with Gasteiger partial charge in [-0.3, -0.25) is 9.59 Å². The molecule has 1 aromatic rings. The summed E-state index contributed by atoms with van der Waals surface area (Å²) >= 11 is 5.88. The molecule has 0 aromatic heterocycles. The lowest BCUT2D eigenvalue weighted by Crippen LogP contribution is -2.02. The molecule has 0 aliphatic carbocycles. The molecule has 3 heteroatoms. The minimum absolute atomic E-state index is 0.117. The van der Waals surface area contributed by atoms with E-state index < -0.39 is 5.38 Å². The van der Waals surface area contributed by atoms with Gasteiger partial charge in [0.15, 0.2) is 5.78 Å². The number of aldehydes is 1. The summed E-state index contributed by atoms with van der Waals surface area (Å²) in [4.78, 5) is 21.6. The first-order valence-electron chi connectivity index (χ1n) is 4.26. The fraction of sp³-hybridized carbons (Fsp3) is 0.273. The van der Waals surface area contributed by atoms with Gasteiger partial charge in [0, 0.05) is 5.56 Å².